The van der Waals surface area contributed by atoms with Crippen molar-refractivity contribution in [3.05, 3.63) is 133 Å². The van der Waals surface area contributed by atoms with Crippen molar-refractivity contribution in [1.82, 2.24) is 20.5 Å². The number of benzene rings is 3. The van der Waals surface area contributed by atoms with Gasteiger partial charge in [-0.05, 0) is 55.0 Å². The molecule has 0 spiro atoms. The molecule has 0 saturated heterocycles. The Morgan fingerprint density at radius 1 is 0.974 bits per heavy atom. The molecule has 3 aromatic carbocycles. The van der Waals surface area contributed by atoms with Crippen LogP contribution in [0.4, 0.5) is 5.69 Å². The minimum Gasteiger partial charge on any atom is -0.317 e. The average Bonchev–Trinajstić information content (AvgIpc) is 3.22. The van der Waals surface area contributed by atoms with Gasteiger partial charge in [0.05, 0.1) is 22.4 Å². The van der Waals surface area contributed by atoms with E-state index in [1.165, 1.54) is 41.2 Å². The maximum absolute atomic E-state index is 13.0. The van der Waals surface area contributed by atoms with Crippen LogP contribution in [0.5, 0.6) is 0 Å². The molecule has 1 aromatic heterocycles. The van der Waals surface area contributed by atoms with Gasteiger partial charge in [0.15, 0.2) is 0 Å². The molecule has 11 heteroatoms. The van der Waals surface area contributed by atoms with Gasteiger partial charge in [0, 0.05) is 23.4 Å². The van der Waals surface area contributed by atoms with Crippen LogP contribution in [-0.2, 0) is 4.79 Å². The normalized spacial score (nSPS) is 11.3. The Morgan fingerprint density at radius 3 is 2.24 bits per heavy atom. The van der Waals surface area contributed by atoms with Crippen LogP contribution < -0.4 is 16.3 Å². The lowest BCUT2D eigenvalue weighted by atomic mass is 10.1. The number of para-hydroxylation sites is 1. The lowest BCUT2D eigenvalue weighted by Gasteiger charge is -2.09. The van der Waals surface area contributed by atoms with Gasteiger partial charge < -0.3 is 5.32 Å². The molecule has 2 amide bonds. The Bertz CT molecular complexity index is 1590. The van der Waals surface area contributed by atoms with Crippen LogP contribution in [0.15, 0.2) is 101 Å². The van der Waals surface area contributed by atoms with E-state index in [1.54, 1.807) is 61.5 Å². The first-order valence-electron chi connectivity index (χ1n) is 11.4. The number of carbonyl (C=O) groups is 2. The van der Waals surface area contributed by atoms with Crippen molar-refractivity contribution in [2.75, 3.05) is 0 Å². The van der Waals surface area contributed by atoms with E-state index in [9.17, 15) is 24.5 Å². The number of aromatic nitrogens is 2. The zero-order valence-corrected chi connectivity index (χ0v) is 20.1. The zero-order valence-electron chi connectivity index (χ0n) is 20.1. The molecular formula is C27H22N6O5. The Labute approximate surface area is 216 Å². The fraction of sp³-hybridized carbons (Fsp3) is 0.0370. The van der Waals surface area contributed by atoms with Crippen molar-refractivity contribution in [1.29, 1.82) is 0 Å². The van der Waals surface area contributed by atoms with Crippen LogP contribution in [0.2, 0.25) is 0 Å². The van der Waals surface area contributed by atoms with Crippen LogP contribution >= 0.6 is 0 Å². The number of hydrogen-bond acceptors (Lipinski definition) is 6. The predicted molar refractivity (Wildman–Crippen MR) is 142 cm³/mol. The highest BCUT2D eigenvalue weighted by Gasteiger charge is 2.15. The maximum atomic E-state index is 13.0. The van der Waals surface area contributed by atoms with Crippen molar-refractivity contribution in [2.45, 2.75) is 6.92 Å². The third-order valence-electron chi connectivity index (χ3n) is 5.43. The highest BCUT2D eigenvalue weighted by molar-refractivity contribution is 6.05. The van der Waals surface area contributed by atoms with Gasteiger partial charge in [-0.3, -0.25) is 29.6 Å². The maximum Gasteiger partial charge on any atom is 0.287 e. The summed E-state index contributed by atoms with van der Waals surface area (Å²) in [6.45, 7) is 1.70. The lowest BCUT2D eigenvalue weighted by Crippen LogP contribution is -2.33. The Balaban J connectivity index is 1.57. The molecule has 0 atom stereocenters. The number of non-ortho nitro benzene ring substituents is 1. The molecule has 0 aliphatic rings. The van der Waals surface area contributed by atoms with E-state index >= 15 is 0 Å². The lowest BCUT2D eigenvalue weighted by molar-refractivity contribution is -0.384. The van der Waals surface area contributed by atoms with Gasteiger partial charge >= 0.3 is 0 Å². The zero-order chi connectivity index (χ0) is 27.1. The quantitative estimate of drug-likeness (QED) is 0.144. The van der Waals surface area contributed by atoms with Crippen molar-refractivity contribution < 1.29 is 14.5 Å². The molecule has 0 fully saturated rings. The SMILES string of the molecule is Cc1[nH]n(-c2ccccc2)c(=O)c1/C=N/NC(=O)C(=Cc1ccc([N+](=O)[O-])cc1)NC(=O)c1ccccc1. The standard InChI is InChI=1S/C27H22N6O5/c1-18-23(27(36)32(31-18)21-10-6-3-7-11-21)17-28-30-26(35)24(29-25(34)20-8-4-2-5-9-20)16-19-12-14-22(15-13-19)33(37)38/h2-17,31H,1H3,(H,29,34)(H,30,35)/b24-16?,28-17+. The van der Waals surface area contributed by atoms with Gasteiger partial charge in [-0.25, -0.2) is 10.1 Å². The molecule has 0 aliphatic carbocycles. The van der Waals surface area contributed by atoms with Crippen molar-refractivity contribution in [2.24, 2.45) is 5.10 Å². The van der Waals surface area contributed by atoms with Crippen LogP contribution in [-0.4, -0.2) is 32.7 Å². The second-order valence-corrected chi connectivity index (χ2v) is 8.05. The van der Waals surface area contributed by atoms with Crippen molar-refractivity contribution in [3.63, 3.8) is 0 Å². The number of hydrogen-bond donors (Lipinski definition) is 3. The van der Waals surface area contributed by atoms with Crippen molar-refractivity contribution in [3.8, 4) is 5.69 Å². The predicted octanol–water partition coefficient (Wildman–Crippen LogP) is 3.30. The van der Waals surface area contributed by atoms with E-state index in [-0.39, 0.29) is 22.5 Å². The number of aromatic amines is 1. The van der Waals surface area contributed by atoms with Gasteiger partial charge in [-0.2, -0.15) is 5.10 Å². The molecule has 0 aliphatic heterocycles. The summed E-state index contributed by atoms with van der Waals surface area (Å²) in [4.78, 5) is 48.9. The van der Waals surface area contributed by atoms with Gasteiger partial charge in [0.1, 0.15) is 5.70 Å². The Kier molecular flexibility index (Phi) is 7.68. The molecule has 0 unspecified atom stereocenters. The molecule has 0 radical (unpaired) electrons. The number of carbonyl (C=O) groups excluding carboxylic acids is 2. The van der Waals surface area contributed by atoms with Crippen LogP contribution in [0.3, 0.4) is 0 Å². The summed E-state index contributed by atoms with van der Waals surface area (Å²) >= 11 is 0. The molecule has 4 aromatic rings. The van der Waals surface area contributed by atoms with E-state index < -0.39 is 16.7 Å². The molecule has 1 heterocycles. The first-order chi connectivity index (χ1) is 18.3. The van der Waals surface area contributed by atoms with E-state index in [0.29, 0.717) is 22.5 Å². The van der Waals surface area contributed by atoms with E-state index in [1.807, 2.05) is 6.07 Å². The van der Waals surface area contributed by atoms with Gasteiger partial charge in [-0.15, -0.1) is 0 Å². The van der Waals surface area contributed by atoms with E-state index in [4.69, 9.17) is 0 Å². The number of nitro groups is 1. The number of nitrogens with one attached hydrogen (secondary N) is 3. The third kappa shape index (κ3) is 5.97. The minimum atomic E-state index is -0.763. The summed E-state index contributed by atoms with van der Waals surface area (Å²) in [5.74, 6) is -1.30. The number of amides is 2. The third-order valence-corrected chi connectivity index (χ3v) is 5.43. The molecule has 190 valence electrons. The monoisotopic (exact) mass is 510 g/mol. The summed E-state index contributed by atoms with van der Waals surface area (Å²) in [6, 6.07) is 22.7. The molecule has 0 saturated carbocycles. The molecule has 3 N–H and O–H groups in total. The highest BCUT2D eigenvalue weighted by Crippen LogP contribution is 2.14. The van der Waals surface area contributed by atoms with Crippen LogP contribution in [0.1, 0.15) is 27.2 Å². The van der Waals surface area contributed by atoms with E-state index in [0.717, 1.165) is 0 Å². The molecule has 38 heavy (non-hydrogen) atoms. The summed E-state index contributed by atoms with van der Waals surface area (Å²) in [7, 11) is 0. The number of aryl methyl sites for hydroxylation is 1. The van der Waals surface area contributed by atoms with Gasteiger partial charge in [0.25, 0.3) is 23.1 Å². The molecule has 0 bridgehead atoms. The Morgan fingerprint density at radius 2 is 1.61 bits per heavy atom. The first-order valence-corrected chi connectivity index (χ1v) is 11.4. The number of H-pyrrole nitrogens is 1. The topological polar surface area (TPSA) is 151 Å². The number of rotatable bonds is 8. The number of nitro benzene ring substituents is 1. The Hall–Kier alpha value is -5.58. The van der Waals surface area contributed by atoms with Crippen LogP contribution in [0, 0.1) is 17.0 Å². The molecule has 11 nitrogen and oxygen atoms in total. The number of hydrazone groups is 1. The minimum absolute atomic E-state index is 0.117. The van der Waals surface area contributed by atoms with Crippen LogP contribution in [0.25, 0.3) is 11.8 Å². The second-order valence-electron chi connectivity index (χ2n) is 8.05. The molecular weight excluding hydrogens is 488 g/mol. The smallest absolute Gasteiger partial charge is 0.287 e. The fourth-order valence-electron chi connectivity index (χ4n) is 3.49. The fourth-order valence-corrected chi connectivity index (χ4v) is 3.49. The summed E-state index contributed by atoms with van der Waals surface area (Å²) in [5, 5.41) is 20.4. The summed E-state index contributed by atoms with van der Waals surface area (Å²) < 4.78 is 1.36. The summed E-state index contributed by atoms with van der Waals surface area (Å²) in [6.07, 6.45) is 2.58. The molecule has 4 rings (SSSR count). The first kappa shape index (κ1) is 25.5. The largest absolute Gasteiger partial charge is 0.317 e. The average molecular weight is 511 g/mol. The van der Waals surface area contributed by atoms with E-state index in [2.05, 4.69) is 20.9 Å². The van der Waals surface area contributed by atoms with Gasteiger partial charge in [0.2, 0.25) is 0 Å². The van der Waals surface area contributed by atoms with Crippen molar-refractivity contribution >= 4 is 29.8 Å². The highest BCUT2D eigenvalue weighted by atomic mass is 16.6. The van der Waals surface area contributed by atoms with Gasteiger partial charge in [-0.1, -0.05) is 36.4 Å². The number of nitrogens with zero attached hydrogens (tertiary/aromatic N) is 3. The summed E-state index contributed by atoms with van der Waals surface area (Å²) in [5.41, 5.74) is 3.87. The second kappa shape index (κ2) is 11.4.